The highest BCUT2D eigenvalue weighted by molar-refractivity contribution is 7.13. The SMILES string of the molecule is O=C(NCCc1ccccn1)c1csc(-c2ccc(Cl)cc2)n1. The fourth-order valence-corrected chi connectivity index (χ4v) is 2.98. The van der Waals surface area contributed by atoms with Gasteiger partial charge in [0.05, 0.1) is 0 Å². The summed E-state index contributed by atoms with van der Waals surface area (Å²) in [6.45, 7) is 0.531. The average molecular weight is 344 g/mol. The molecule has 0 radical (unpaired) electrons. The van der Waals surface area contributed by atoms with Crippen molar-refractivity contribution < 1.29 is 4.79 Å². The molecule has 0 saturated heterocycles. The maximum absolute atomic E-state index is 12.1. The van der Waals surface area contributed by atoms with Gasteiger partial charge in [0.1, 0.15) is 10.7 Å². The number of pyridine rings is 1. The van der Waals surface area contributed by atoms with Crippen LogP contribution in [0.5, 0.6) is 0 Å². The molecule has 0 aliphatic heterocycles. The molecule has 2 heterocycles. The topological polar surface area (TPSA) is 54.9 Å². The van der Waals surface area contributed by atoms with E-state index in [0.29, 0.717) is 23.7 Å². The number of thiazole rings is 1. The van der Waals surface area contributed by atoms with Gasteiger partial charge >= 0.3 is 0 Å². The highest BCUT2D eigenvalue weighted by atomic mass is 35.5. The molecular formula is C17H14ClN3OS. The van der Waals surface area contributed by atoms with Crippen molar-refractivity contribution in [3.05, 3.63) is 70.5 Å². The van der Waals surface area contributed by atoms with E-state index in [4.69, 9.17) is 11.6 Å². The molecule has 0 aliphatic rings. The third kappa shape index (κ3) is 4.15. The van der Waals surface area contributed by atoms with Crippen molar-refractivity contribution >= 4 is 28.8 Å². The lowest BCUT2D eigenvalue weighted by atomic mass is 10.2. The zero-order chi connectivity index (χ0) is 16.1. The molecular weight excluding hydrogens is 330 g/mol. The van der Waals surface area contributed by atoms with Crippen LogP contribution in [0.2, 0.25) is 5.02 Å². The average Bonchev–Trinajstić information content (AvgIpc) is 3.06. The van der Waals surface area contributed by atoms with Crippen molar-refractivity contribution in [2.75, 3.05) is 6.54 Å². The van der Waals surface area contributed by atoms with E-state index in [2.05, 4.69) is 15.3 Å². The molecule has 4 nitrogen and oxygen atoms in total. The predicted octanol–water partition coefficient (Wildman–Crippen LogP) is 3.83. The van der Waals surface area contributed by atoms with Crippen LogP contribution in [0.15, 0.2) is 54.0 Å². The molecule has 0 unspecified atom stereocenters. The first-order valence-corrected chi connectivity index (χ1v) is 8.38. The summed E-state index contributed by atoms with van der Waals surface area (Å²) in [7, 11) is 0. The maximum Gasteiger partial charge on any atom is 0.270 e. The van der Waals surface area contributed by atoms with Crippen LogP contribution in [0, 0.1) is 0 Å². The number of benzene rings is 1. The summed E-state index contributed by atoms with van der Waals surface area (Å²) in [5.74, 6) is -0.169. The Labute approximate surface area is 143 Å². The number of carbonyl (C=O) groups is 1. The molecule has 6 heteroatoms. The summed E-state index contributed by atoms with van der Waals surface area (Å²) in [6, 6.07) is 13.1. The largest absolute Gasteiger partial charge is 0.350 e. The van der Waals surface area contributed by atoms with Crippen LogP contribution < -0.4 is 5.32 Å². The van der Waals surface area contributed by atoms with Crippen LogP contribution in [0.25, 0.3) is 10.6 Å². The number of aromatic nitrogens is 2. The predicted molar refractivity (Wildman–Crippen MR) is 92.8 cm³/mol. The third-order valence-corrected chi connectivity index (χ3v) is 4.36. The second kappa shape index (κ2) is 7.35. The van der Waals surface area contributed by atoms with E-state index in [-0.39, 0.29) is 5.91 Å². The van der Waals surface area contributed by atoms with Gasteiger partial charge < -0.3 is 5.32 Å². The highest BCUT2D eigenvalue weighted by Crippen LogP contribution is 2.25. The maximum atomic E-state index is 12.1. The molecule has 1 aromatic carbocycles. The van der Waals surface area contributed by atoms with E-state index in [1.165, 1.54) is 11.3 Å². The first kappa shape index (κ1) is 15.6. The Hall–Kier alpha value is -2.24. The van der Waals surface area contributed by atoms with Crippen molar-refractivity contribution in [1.29, 1.82) is 0 Å². The molecule has 3 aromatic rings. The van der Waals surface area contributed by atoms with Gasteiger partial charge in [0.2, 0.25) is 0 Å². The molecule has 0 atom stereocenters. The zero-order valence-electron chi connectivity index (χ0n) is 12.2. The van der Waals surface area contributed by atoms with Crippen molar-refractivity contribution in [2.45, 2.75) is 6.42 Å². The van der Waals surface area contributed by atoms with Crippen molar-refractivity contribution in [2.24, 2.45) is 0 Å². The number of hydrogen-bond acceptors (Lipinski definition) is 4. The normalized spacial score (nSPS) is 10.5. The van der Waals surface area contributed by atoms with Crippen molar-refractivity contribution in [3.63, 3.8) is 0 Å². The van der Waals surface area contributed by atoms with Gasteiger partial charge in [0.25, 0.3) is 5.91 Å². The van der Waals surface area contributed by atoms with Gasteiger partial charge in [-0.2, -0.15) is 0 Å². The van der Waals surface area contributed by atoms with Crippen LogP contribution in [0.1, 0.15) is 16.2 Å². The number of carbonyl (C=O) groups excluding carboxylic acids is 1. The molecule has 2 aromatic heterocycles. The second-order valence-corrected chi connectivity index (χ2v) is 6.17. The number of nitrogens with one attached hydrogen (secondary N) is 1. The summed E-state index contributed by atoms with van der Waals surface area (Å²) in [5.41, 5.74) is 2.33. The summed E-state index contributed by atoms with van der Waals surface area (Å²) in [5, 5.41) is 6.11. The number of nitrogens with zero attached hydrogens (tertiary/aromatic N) is 2. The minimum atomic E-state index is -0.169. The van der Waals surface area contributed by atoms with Crippen LogP contribution in [-0.2, 0) is 6.42 Å². The second-order valence-electron chi connectivity index (χ2n) is 4.87. The summed E-state index contributed by atoms with van der Waals surface area (Å²) >= 11 is 7.32. The molecule has 0 spiro atoms. The summed E-state index contributed by atoms with van der Waals surface area (Å²) < 4.78 is 0. The van der Waals surface area contributed by atoms with Crippen molar-refractivity contribution in [1.82, 2.24) is 15.3 Å². The Morgan fingerprint density at radius 2 is 2.00 bits per heavy atom. The van der Waals surface area contributed by atoms with Crippen LogP contribution in [0.4, 0.5) is 0 Å². The van der Waals surface area contributed by atoms with E-state index in [1.54, 1.807) is 11.6 Å². The molecule has 3 rings (SSSR count). The van der Waals surface area contributed by atoms with Crippen LogP contribution in [-0.4, -0.2) is 22.4 Å². The number of halogens is 1. The van der Waals surface area contributed by atoms with Gasteiger partial charge in [-0.05, 0) is 24.3 Å². The van der Waals surface area contributed by atoms with E-state index < -0.39 is 0 Å². The minimum absolute atomic E-state index is 0.169. The summed E-state index contributed by atoms with van der Waals surface area (Å²) in [6.07, 6.45) is 2.44. The lowest BCUT2D eigenvalue weighted by Crippen LogP contribution is -2.26. The van der Waals surface area contributed by atoms with Gasteiger partial charge in [0.15, 0.2) is 0 Å². The standard InChI is InChI=1S/C17H14ClN3OS/c18-13-6-4-12(5-7-13)17-21-15(11-23-17)16(22)20-10-8-14-3-1-2-9-19-14/h1-7,9,11H,8,10H2,(H,20,22). The highest BCUT2D eigenvalue weighted by Gasteiger charge is 2.11. The summed E-state index contributed by atoms with van der Waals surface area (Å²) in [4.78, 5) is 20.7. The molecule has 0 fully saturated rings. The first-order valence-electron chi connectivity index (χ1n) is 7.12. The van der Waals surface area contributed by atoms with E-state index in [9.17, 15) is 4.79 Å². The molecule has 1 N–H and O–H groups in total. The molecule has 0 aliphatic carbocycles. The van der Waals surface area contributed by atoms with Crippen LogP contribution >= 0.6 is 22.9 Å². The minimum Gasteiger partial charge on any atom is -0.350 e. The van der Waals surface area contributed by atoms with E-state index in [1.807, 2.05) is 42.5 Å². The monoisotopic (exact) mass is 343 g/mol. The number of amides is 1. The number of rotatable bonds is 5. The quantitative estimate of drug-likeness (QED) is 0.766. The van der Waals surface area contributed by atoms with E-state index >= 15 is 0 Å². The lowest BCUT2D eigenvalue weighted by Gasteiger charge is -2.02. The van der Waals surface area contributed by atoms with Gasteiger partial charge in [-0.1, -0.05) is 29.8 Å². The molecule has 0 bridgehead atoms. The third-order valence-electron chi connectivity index (χ3n) is 3.22. The number of hydrogen-bond donors (Lipinski definition) is 1. The van der Waals surface area contributed by atoms with E-state index in [0.717, 1.165) is 16.3 Å². The Bertz CT molecular complexity index is 787. The fourth-order valence-electron chi connectivity index (χ4n) is 2.04. The molecule has 116 valence electrons. The fraction of sp³-hybridized carbons (Fsp3) is 0.118. The van der Waals surface area contributed by atoms with Crippen molar-refractivity contribution in [3.8, 4) is 10.6 Å². The smallest absolute Gasteiger partial charge is 0.270 e. The molecule has 23 heavy (non-hydrogen) atoms. The van der Waals surface area contributed by atoms with Gasteiger partial charge in [-0.25, -0.2) is 4.98 Å². The molecule has 0 saturated carbocycles. The van der Waals surface area contributed by atoms with Crippen LogP contribution in [0.3, 0.4) is 0 Å². The Morgan fingerprint density at radius 3 is 2.74 bits per heavy atom. The lowest BCUT2D eigenvalue weighted by molar-refractivity contribution is 0.0950. The Morgan fingerprint density at radius 1 is 1.17 bits per heavy atom. The Kier molecular flexibility index (Phi) is 5.00. The van der Waals surface area contributed by atoms with Gasteiger partial charge in [0, 0.05) is 40.8 Å². The van der Waals surface area contributed by atoms with Gasteiger partial charge in [-0.15, -0.1) is 11.3 Å². The first-order chi connectivity index (χ1) is 11.2. The Balaban J connectivity index is 1.59. The zero-order valence-corrected chi connectivity index (χ0v) is 13.8. The van der Waals surface area contributed by atoms with Gasteiger partial charge in [-0.3, -0.25) is 9.78 Å². The molecule has 1 amide bonds.